The molecule has 7 nitrogen and oxygen atoms in total. The van der Waals surface area contributed by atoms with E-state index in [2.05, 4.69) is 5.32 Å². The Balaban J connectivity index is 2.63. The number of amides is 1. The lowest BCUT2D eigenvalue weighted by atomic mass is 10.1. The molecule has 1 aromatic carbocycles. The van der Waals surface area contributed by atoms with E-state index in [0.717, 1.165) is 16.1 Å². The van der Waals surface area contributed by atoms with Crippen molar-refractivity contribution in [3.63, 3.8) is 0 Å². The van der Waals surface area contributed by atoms with Gasteiger partial charge in [-0.2, -0.15) is 4.31 Å². The van der Waals surface area contributed by atoms with Crippen LogP contribution in [0.1, 0.15) is 5.56 Å². The molecule has 0 aliphatic heterocycles. The molecule has 0 bridgehead atoms. The minimum atomic E-state index is -3.47. The molecule has 0 fully saturated rings. The Bertz CT molecular complexity index is 604. The summed E-state index contributed by atoms with van der Waals surface area (Å²) in [6.45, 7) is 0.757. The third-order valence-electron chi connectivity index (χ3n) is 3.20. The highest BCUT2D eigenvalue weighted by Crippen LogP contribution is 2.13. The molecule has 0 aromatic heterocycles. The predicted octanol–water partition coefficient (Wildman–Crippen LogP) is 0.262. The van der Waals surface area contributed by atoms with Crippen LogP contribution in [0, 0.1) is 0 Å². The molecule has 130 valence electrons. The van der Waals surface area contributed by atoms with Gasteiger partial charge < -0.3 is 14.8 Å². The SMILES string of the molecule is COCCNC(=O)CN(CCc1cccc(OC)c1)S(C)(=O)=O. The number of hydrogen-bond acceptors (Lipinski definition) is 5. The van der Waals surface area contributed by atoms with Crippen molar-refractivity contribution in [2.24, 2.45) is 0 Å². The average molecular weight is 344 g/mol. The molecule has 0 saturated heterocycles. The number of carbonyl (C=O) groups is 1. The van der Waals surface area contributed by atoms with Crippen LogP contribution < -0.4 is 10.1 Å². The van der Waals surface area contributed by atoms with Crippen molar-refractivity contribution < 1.29 is 22.7 Å². The van der Waals surface area contributed by atoms with Gasteiger partial charge in [0.25, 0.3) is 0 Å². The number of benzene rings is 1. The minimum Gasteiger partial charge on any atom is -0.497 e. The Kier molecular flexibility index (Phi) is 8.01. The number of nitrogens with zero attached hydrogens (tertiary/aromatic N) is 1. The van der Waals surface area contributed by atoms with Gasteiger partial charge in [-0.05, 0) is 24.1 Å². The van der Waals surface area contributed by atoms with Gasteiger partial charge in [0.1, 0.15) is 5.75 Å². The van der Waals surface area contributed by atoms with E-state index < -0.39 is 10.0 Å². The van der Waals surface area contributed by atoms with Crippen molar-refractivity contribution in [3.05, 3.63) is 29.8 Å². The summed E-state index contributed by atoms with van der Waals surface area (Å²) in [6.07, 6.45) is 1.59. The molecular formula is C15H24N2O5S. The molecule has 0 radical (unpaired) electrons. The molecule has 1 aromatic rings. The normalized spacial score (nSPS) is 11.5. The van der Waals surface area contributed by atoms with Crippen LogP contribution in [0.3, 0.4) is 0 Å². The number of carbonyl (C=O) groups excluding carboxylic acids is 1. The predicted molar refractivity (Wildman–Crippen MR) is 88.0 cm³/mol. The Morgan fingerprint density at radius 1 is 1.30 bits per heavy atom. The summed E-state index contributed by atoms with van der Waals surface area (Å²) in [5.74, 6) is 0.365. The van der Waals surface area contributed by atoms with Crippen LogP contribution >= 0.6 is 0 Å². The largest absolute Gasteiger partial charge is 0.497 e. The summed E-state index contributed by atoms with van der Waals surface area (Å²) >= 11 is 0. The molecule has 1 N–H and O–H groups in total. The van der Waals surface area contributed by atoms with Gasteiger partial charge in [-0.15, -0.1) is 0 Å². The highest BCUT2D eigenvalue weighted by molar-refractivity contribution is 7.88. The molecule has 0 aliphatic carbocycles. The van der Waals surface area contributed by atoms with Crippen molar-refractivity contribution in [3.8, 4) is 5.75 Å². The number of nitrogens with one attached hydrogen (secondary N) is 1. The summed E-state index contributed by atoms with van der Waals surface area (Å²) in [6, 6.07) is 7.40. The van der Waals surface area contributed by atoms with Gasteiger partial charge in [0.05, 0.1) is 26.5 Å². The summed E-state index contributed by atoms with van der Waals surface area (Å²) in [5, 5.41) is 2.61. The van der Waals surface area contributed by atoms with Crippen molar-refractivity contribution >= 4 is 15.9 Å². The maximum Gasteiger partial charge on any atom is 0.235 e. The molecule has 0 unspecified atom stereocenters. The van der Waals surface area contributed by atoms with Gasteiger partial charge in [0.2, 0.25) is 15.9 Å². The molecule has 0 spiro atoms. The smallest absolute Gasteiger partial charge is 0.235 e. The van der Waals surface area contributed by atoms with E-state index in [4.69, 9.17) is 9.47 Å². The minimum absolute atomic E-state index is 0.202. The van der Waals surface area contributed by atoms with E-state index in [1.165, 1.54) is 7.11 Å². The fourth-order valence-electron chi connectivity index (χ4n) is 1.95. The second-order valence-electron chi connectivity index (χ2n) is 5.04. The molecule has 8 heteroatoms. The summed E-state index contributed by atoms with van der Waals surface area (Å²) in [5.41, 5.74) is 0.942. The quantitative estimate of drug-likeness (QED) is 0.616. The summed E-state index contributed by atoms with van der Waals surface area (Å²) < 4.78 is 34.8. The maximum atomic E-state index is 11.8. The first-order valence-corrected chi connectivity index (χ1v) is 9.05. The molecule has 0 aliphatic rings. The highest BCUT2D eigenvalue weighted by Gasteiger charge is 2.19. The van der Waals surface area contributed by atoms with Crippen molar-refractivity contribution in [1.82, 2.24) is 9.62 Å². The molecule has 0 saturated carbocycles. The summed E-state index contributed by atoms with van der Waals surface area (Å²) in [4.78, 5) is 11.8. The van der Waals surface area contributed by atoms with Crippen molar-refractivity contribution in [2.45, 2.75) is 6.42 Å². The van der Waals surface area contributed by atoms with E-state index in [0.29, 0.717) is 25.3 Å². The molecule has 23 heavy (non-hydrogen) atoms. The number of sulfonamides is 1. The topological polar surface area (TPSA) is 84.9 Å². The van der Waals surface area contributed by atoms with Gasteiger partial charge in [-0.1, -0.05) is 12.1 Å². The van der Waals surface area contributed by atoms with Gasteiger partial charge in [-0.3, -0.25) is 4.79 Å². The van der Waals surface area contributed by atoms with Crippen LogP contribution in [0.2, 0.25) is 0 Å². The zero-order valence-electron chi connectivity index (χ0n) is 13.7. The Morgan fingerprint density at radius 2 is 2.04 bits per heavy atom. The Labute approximate surface area is 137 Å². The zero-order chi connectivity index (χ0) is 17.3. The second kappa shape index (κ2) is 9.49. The number of methoxy groups -OCH3 is 2. The molecule has 1 amide bonds. The first-order chi connectivity index (χ1) is 10.9. The van der Waals surface area contributed by atoms with Crippen LogP contribution in [-0.2, 0) is 26.0 Å². The van der Waals surface area contributed by atoms with Crippen LogP contribution in [0.4, 0.5) is 0 Å². The fraction of sp³-hybridized carbons (Fsp3) is 0.533. The van der Waals surface area contributed by atoms with E-state index >= 15 is 0 Å². The highest BCUT2D eigenvalue weighted by atomic mass is 32.2. The van der Waals surface area contributed by atoms with Crippen LogP contribution in [-0.4, -0.2) is 65.3 Å². The fourth-order valence-corrected chi connectivity index (χ4v) is 2.73. The van der Waals surface area contributed by atoms with Crippen molar-refractivity contribution in [2.75, 3.05) is 46.7 Å². The van der Waals surface area contributed by atoms with Crippen LogP contribution in [0.25, 0.3) is 0 Å². The first kappa shape index (κ1) is 19.4. The van der Waals surface area contributed by atoms with Crippen LogP contribution in [0.15, 0.2) is 24.3 Å². The monoisotopic (exact) mass is 344 g/mol. The average Bonchev–Trinajstić information content (AvgIpc) is 2.50. The third-order valence-corrected chi connectivity index (χ3v) is 4.45. The lowest BCUT2D eigenvalue weighted by Gasteiger charge is -2.19. The maximum absolute atomic E-state index is 11.8. The molecule has 1 rings (SSSR count). The first-order valence-electron chi connectivity index (χ1n) is 7.20. The van der Waals surface area contributed by atoms with Crippen LogP contribution in [0.5, 0.6) is 5.75 Å². The van der Waals surface area contributed by atoms with E-state index in [1.807, 2.05) is 24.3 Å². The van der Waals surface area contributed by atoms with Gasteiger partial charge in [-0.25, -0.2) is 8.42 Å². The molecule has 0 heterocycles. The molecular weight excluding hydrogens is 320 g/mol. The Morgan fingerprint density at radius 3 is 2.65 bits per heavy atom. The lowest BCUT2D eigenvalue weighted by molar-refractivity contribution is -0.121. The lowest BCUT2D eigenvalue weighted by Crippen LogP contribution is -2.42. The zero-order valence-corrected chi connectivity index (χ0v) is 14.6. The number of hydrogen-bond donors (Lipinski definition) is 1. The van der Waals surface area contributed by atoms with Gasteiger partial charge in [0.15, 0.2) is 0 Å². The van der Waals surface area contributed by atoms with Crippen molar-refractivity contribution in [1.29, 1.82) is 0 Å². The molecule has 0 atom stereocenters. The second-order valence-corrected chi connectivity index (χ2v) is 7.02. The number of rotatable bonds is 10. The third kappa shape index (κ3) is 7.45. The standard InChI is InChI=1S/C15H24N2O5S/c1-21-10-8-16-15(18)12-17(23(3,19)20)9-7-13-5-4-6-14(11-13)22-2/h4-6,11H,7-10,12H2,1-3H3,(H,16,18). The van der Waals surface area contributed by atoms with E-state index in [-0.39, 0.29) is 19.0 Å². The summed E-state index contributed by atoms with van der Waals surface area (Å²) in [7, 11) is -0.360. The van der Waals surface area contributed by atoms with E-state index in [9.17, 15) is 13.2 Å². The Hall–Kier alpha value is -1.64. The van der Waals surface area contributed by atoms with E-state index in [1.54, 1.807) is 7.11 Å². The van der Waals surface area contributed by atoms with Gasteiger partial charge in [0, 0.05) is 20.2 Å². The number of ether oxygens (including phenoxy) is 2. The van der Waals surface area contributed by atoms with Gasteiger partial charge >= 0.3 is 0 Å².